The molecule has 0 unspecified atom stereocenters. The minimum Gasteiger partial charge on any atom is -0.372 e. The van der Waals surface area contributed by atoms with Gasteiger partial charge in [0.05, 0.1) is 16.7 Å². The van der Waals surface area contributed by atoms with E-state index in [4.69, 9.17) is 9.98 Å². The van der Waals surface area contributed by atoms with E-state index in [2.05, 4.69) is 63.3 Å². The Kier molecular flexibility index (Phi) is 6.15. The summed E-state index contributed by atoms with van der Waals surface area (Å²) in [4.78, 5) is 25.2. The standard InChI is InChI=1S/C24H33N5O/c1-9-28(10-2)18-11-12-19(16(7)13-18)25-22-17(8)27-29-23(22)26-21(15(5)6)20(14(3)4)24(29)30/h11-15,27H,8-10H2,1-7H3. The second kappa shape index (κ2) is 8.46. The predicted molar refractivity (Wildman–Crippen MR) is 125 cm³/mol. The van der Waals surface area contributed by atoms with Gasteiger partial charge in [-0.1, -0.05) is 34.3 Å². The summed E-state index contributed by atoms with van der Waals surface area (Å²) in [5.41, 5.74) is 5.15. The van der Waals surface area contributed by atoms with Crippen LogP contribution in [0.1, 0.15) is 70.2 Å². The highest BCUT2D eigenvalue weighted by atomic mass is 16.1. The van der Waals surface area contributed by atoms with E-state index in [-0.39, 0.29) is 17.4 Å². The summed E-state index contributed by atoms with van der Waals surface area (Å²) < 4.78 is 1.49. The van der Waals surface area contributed by atoms with Crippen LogP contribution in [0.2, 0.25) is 0 Å². The van der Waals surface area contributed by atoms with Crippen LogP contribution in [-0.4, -0.2) is 27.7 Å². The Hall–Kier alpha value is -2.89. The maximum absolute atomic E-state index is 13.2. The Balaban J connectivity index is 2.27. The second-order valence-electron chi connectivity index (χ2n) is 8.38. The molecule has 30 heavy (non-hydrogen) atoms. The zero-order valence-electron chi connectivity index (χ0n) is 19.2. The van der Waals surface area contributed by atoms with E-state index in [0.717, 1.165) is 35.6 Å². The van der Waals surface area contributed by atoms with E-state index in [1.165, 1.54) is 10.2 Å². The van der Waals surface area contributed by atoms with E-state index < -0.39 is 0 Å². The number of aromatic nitrogens is 3. The van der Waals surface area contributed by atoms with Crippen molar-refractivity contribution in [2.45, 2.75) is 60.3 Å². The Morgan fingerprint density at radius 1 is 1.17 bits per heavy atom. The molecule has 160 valence electrons. The minimum absolute atomic E-state index is 0.0707. The van der Waals surface area contributed by atoms with Crippen molar-refractivity contribution in [1.82, 2.24) is 14.6 Å². The van der Waals surface area contributed by atoms with Crippen molar-refractivity contribution in [2.24, 2.45) is 4.99 Å². The van der Waals surface area contributed by atoms with Crippen molar-refractivity contribution in [1.29, 1.82) is 0 Å². The number of rotatable bonds is 6. The van der Waals surface area contributed by atoms with Gasteiger partial charge in [-0.15, -0.1) is 0 Å². The topological polar surface area (TPSA) is 65.8 Å². The molecule has 1 N–H and O–H groups in total. The maximum atomic E-state index is 13.2. The van der Waals surface area contributed by atoms with Crippen LogP contribution in [0.3, 0.4) is 0 Å². The molecule has 0 saturated carbocycles. The summed E-state index contributed by atoms with van der Waals surface area (Å²) in [6.45, 7) is 20.5. The molecule has 2 heterocycles. The lowest BCUT2D eigenvalue weighted by molar-refractivity contribution is 0.720. The third kappa shape index (κ3) is 3.78. The largest absolute Gasteiger partial charge is 0.372 e. The average Bonchev–Trinajstić information content (AvgIpc) is 3.00. The zero-order valence-corrected chi connectivity index (χ0v) is 19.2. The Bertz CT molecular complexity index is 1230. The van der Waals surface area contributed by atoms with Crippen LogP contribution in [0.4, 0.5) is 11.4 Å². The van der Waals surface area contributed by atoms with Crippen LogP contribution in [0.15, 0.2) is 28.0 Å². The van der Waals surface area contributed by atoms with Gasteiger partial charge in [0.1, 0.15) is 5.36 Å². The summed E-state index contributed by atoms with van der Waals surface area (Å²) in [5.74, 6) is 0.234. The van der Waals surface area contributed by atoms with Crippen LogP contribution in [0.5, 0.6) is 0 Å². The third-order valence-electron chi connectivity index (χ3n) is 5.56. The van der Waals surface area contributed by atoms with Crippen LogP contribution in [0.25, 0.3) is 12.2 Å². The van der Waals surface area contributed by atoms with Gasteiger partial charge in [-0.2, -0.15) is 4.52 Å². The van der Waals surface area contributed by atoms with Crippen LogP contribution < -0.4 is 21.2 Å². The van der Waals surface area contributed by atoms with E-state index in [1.807, 2.05) is 19.9 Å². The summed E-state index contributed by atoms with van der Waals surface area (Å²) in [6, 6.07) is 6.27. The number of nitrogens with zero attached hydrogens (tertiary/aromatic N) is 4. The Labute approximate surface area is 178 Å². The number of fused-ring (bicyclic) bond motifs is 1. The molecule has 0 saturated heterocycles. The first kappa shape index (κ1) is 21.8. The summed E-state index contributed by atoms with van der Waals surface area (Å²) >= 11 is 0. The first-order valence-electron chi connectivity index (χ1n) is 10.8. The summed E-state index contributed by atoms with van der Waals surface area (Å²) in [6.07, 6.45) is 0. The van der Waals surface area contributed by atoms with Crippen molar-refractivity contribution in [2.75, 3.05) is 18.0 Å². The van der Waals surface area contributed by atoms with E-state index in [1.54, 1.807) is 0 Å². The molecular formula is C24H33N5O. The first-order valence-corrected chi connectivity index (χ1v) is 10.8. The molecule has 3 aromatic rings. The molecule has 0 aliphatic rings. The Morgan fingerprint density at radius 3 is 2.37 bits per heavy atom. The average molecular weight is 408 g/mol. The highest BCUT2D eigenvalue weighted by Crippen LogP contribution is 2.25. The van der Waals surface area contributed by atoms with Crippen LogP contribution in [0, 0.1) is 6.92 Å². The van der Waals surface area contributed by atoms with Crippen LogP contribution >= 0.6 is 0 Å². The van der Waals surface area contributed by atoms with Gasteiger partial charge in [0, 0.05) is 24.3 Å². The van der Waals surface area contributed by atoms with E-state index >= 15 is 0 Å². The van der Waals surface area contributed by atoms with E-state index in [0.29, 0.717) is 16.4 Å². The normalized spacial score (nSPS) is 12.5. The first-order chi connectivity index (χ1) is 14.2. The molecule has 0 radical (unpaired) electrons. The molecule has 1 aromatic carbocycles. The minimum atomic E-state index is -0.0707. The molecule has 0 aliphatic carbocycles. The molecular weight excluding hydrogens is 374 g/mol. The van der Waals surface area contributed by atoms with Gasteiger partial charge in [-0.3, -0.25) is 9.89 Å². The highest BCUT2D eigenvalue weighted by molar-refractivity contribution is 5.58. The number of aromatic amines is 1. The number of hydrogen-bond acceptors (Lipinski definition) is 4. The van der Waals surface area contributed by atoms with Crippen LogP contribution in [-0.2, 0) is 0 Å². The summed E-state index contributed by atoms with van der Waals surface area (Å²) in [5, 5.41) is 4.27. The lowest BCUT2D eigenvalue weighted by atomic mass is 9.96. The molecule has 0 fully saturated rings. The number of H-pyrrole nitrogens is 1. The predicted octanol–water partition coefficient (Wildman–Crippen LogP) is 3.79. The zero-order chi connectivity index (χ0) is 22.2. The van der Waals surface area contributed by atoms with Gasteiger partial charge in [0.25, 0.3) is 5.56 Å². The number of nitrogens with one attached hydrogen (secondary N) is 1. The van der Waals surface area contributed by atoms with Crippen molar-refractivity contribution >= 4 is 23.6 Å². The molecule has 2 aromatic heterocycles. The Morgan fingerprint density at radius 2 is 1.83 bits per heavy atom. The number of aryl methyl sites for hydroxylation is 1. The quantitative estimate of drug-likeness (QED) is 0.676. The monoisotopic (exact) mass is 407 g/mol. The summed E-state index contributed by atoms with van der Waals surface area (Å²) in [7, 11) is 0. The number of benzene rings is 1. The van der Waals surface area contributed by atoms with Gasteiger partial charge in [-0.05, 0) is 56.4 Å². The fourth-order valence-electron chi connectivity index (χ4n) is 3.91. The van der Waals surface area contributed by atoms with E-state index in [9.17, 15) is 4.79 Å². The molecule has 6 nitrogen and oxygen atoms in total. The fraction of sp³-hybridized carbons (Fsp3) is 0.458. The lowest BCUT2D eigenvalue weighted by Gasteiger charge is -2.21. The van der Waals surface area contributed by atoms with Crippen molar-refractivity contribution in [3.05, 3.63) is 56.1 Å². The van der Waals surface area contributed by atoms with Gasteiger partial charge >= 0.3 is 0 Å². The highest BCUT2D eigenvalue weighted by Gasteiger charge is 2.20. The van der Waals surface area contributed by atoms with Gasteiger partial charge in [0.15, 0.2) is 5.65 Å². The molecule has 3 rings (SSSR count). The van der Waals surface area contributed by atoms with Crippen molar-refractivity contribution in [3.8, 4) is 0 Å². The van der Waals surface area contributed by atoms with Gasteiger partial charge < -0.3 is 4.90 Å². The lowest BCUT2D eigenvalue weighted by Crippen LogP contribution is -2.25. The fourth-order valence-corrected chi connectivity index (χ4v) is 3.91. The van der Waals surface area contributed by atoms with Gasteiger partial charge in [0.2, 0.25) is 0 Å². The molecule has 0 bridgehead atoms. The third-order valence-corrected chi connectivity index (χ3v) is 5.56. The van der Waals surface area contributed by atoms with Gasteiger partial charge in [-0.25, -0.2) is 9.98 Å². The molecule has 0 spiro atoms. The van der Waals surface area contributed by atoms with Crippen molar-refractivity contribution in [3.63, 3.8) is 0 Å². The smallest absolute Gasteiger partial charge is 0.276 e. The number of hydrogen-bond donors (Lipinski definition) is 1. The molecule has 0 atom stereocenters. The SMILES string of the molecule is C=c1[nH]n2c(=O)c(C(C)C)c(C(C)C)nc2c1=Nc1ccc(N(CC)CC)cc1C. The molecule has 0 amide bonds. The molecule has 0 aliphatic heterocycles. The maximum Gasteiger partial charge on any atom is 0.276 e. The second-order valence-corrected chi connectivity index (χ2v) is 8.38. The molecule has 6 heteroatoms. The van der Waals surface area contributed by atoms with Crippen molar-refractivity contribution < 1.29 is 0 Å². The number of anilines is 1.